The largest absolute Gasteiger partial charge is 0.381 e. The van der Waals surface area contributed by atoms with Gasteiger partial charge in [-0.25, -0.2) is 9.71 Å². The smallest absolute Gasteiger partial charge is 0.287 e. The molecule has 178 valence electrons. The maximum absolute atomic E-state index is 12.8. The molecule has 12 heteroatoms. The van der Waals surface area contributed by atoms with E-state index in [1.165, 1.54) is 10.5 Å². The van der Waals surface area contributed by atoms with Crippen molar-refractivity contribution < 1.29 is 22.7 Å². The van der Waals surface area contributed by atoms with Crippen LogP contribution in [0.1, 0.15) is 23.5 Å². The number of fused-ring (bicyclic) bond motifs is 1. The van der Waals surface area contributed by atoms with E-state index in [0.29, 0.717) is 13.1 Å². The van der Waals surface area contributed by atoms with Crippen LogP contribution in [0, 0.1) is 12.3 Å². The molecule has 0 spiro atoms. The van der Waals surface area contributed by atoms with Crippen molar-refractivity contribution in [3.05, 3.63) is 30.2 Å². The molecule has 0 radical (unpaired) electrons. The van der Waals surface area contributed by atoms with Gasteiger partial charge in [-0.3, -0.25) is 14.0 Å². The van der Waals surface area contributed by atoms with E-state index in [-0.39, 0.29) is 34.0 Å². The maximum Gasteiger partial charge on any atom is 0.287 e. The highest BCUT2D eigenvalue weighted by Gasteiger charge is 2.27. The lowest BCUT2D eigenvalue weighted by atomic mass is 10.1. The lowest BCUT2D eigenvalue weighted by Gasteiger charge is -2.31. The van der Waals surface area contributed by atoms with Crippen molar-refractivity contribution >= 4 is 39.1 Å². The van der Waals surface area contributed by atoms with Crippen molar-refractivity contribution in [2.45, 2.75) is 24.0 Å². The zero-order valence-corrected chi connectivity index (χ0v) is 20.0. The second-order valence-electron chi connectivity index (χ2n) is 7.45. The van der Waals surface area contributed by atoms with Crippen LogP contribution in [0.3, 0.4) is 0 Å². The zero-order chi connectivity index (χ0) is 23.8. The van der Waals surface area contributed by atoms with Crippen molar-refractivity contribution in [3.63, 3.8) is 0 Å². The molecule has 10 nitrogen and oxygen atoms in total. The number of thioether (sulfide) groups is 1. The van der Waals surface area contributed by atoms with Crippen LogP contribution >= 0.6 is 11.8 Å². The Labute approximate surface area is 197 Å². The predicted molar refractivity (Wildman–Crippen MR) is 125 cm³/mol. The number of pyridine rings is 1. The average molecular weight is 494 g/mol. The first kappa shape index (κ1) is 25.0. The minimum absolute atomic E-state index is 0.0711. The molecule has 3 rings (SSSR count). The van der Waals surface area contributed by atoms with Gasteiger partial charge < -0.3 is 15.0 Å². The summed E-state index contributed by atoms with van der Waals surface area (Å²) >= 11 is 1.12. The Kier molecular flexibility index (Phi) is 8.74. The first-order chi connectivity index (χ1) is 15.9. The molecule has 1 aliphatic heterocycles. The summed E-state index contributed by atoms with van der Waals surface area (Å²) in [7, 11) is -2.56. The Bertz CT molecular complexity index is 1130. The highest BCUT2D eigenvalue weighted by atomic mass is 32.2. The molecule has 2 N–H and O–H groups in total. The Hall–Kier alpha value is -2.59. The minimum Gasteiger partial charge on any atom is -0.381 e. The quantitative estimate of drug-likeness (QED) is 0.359. The number of imidazole rings is 1. The normalized spacial score (nSPS) is 15.3. The van der Waals surface area contributed by atoms with Crippen LogP contribution in [-0.2, 0) is 19.6 Å². The van der Waals surface area contributed by atoms with Crippen LogP contribution in [-0.4, -0.2) is 85.4 Å². The summed E-state index contributed by atoms with van der Waals surface area (Å²) in [6.07, 6.45) is 8.86. The van der Waals surface area contributed by atoms with Crippen molar-refractivity contribution in [1.82, 2.24) is 24.3 Å². The summed E-state index contributed by atoms with van der Waals surface area (Å²) in [5.41, 5.74) is 0.195. The zero-order valence-electron chi connectivity index (χ0n) is 18.3. The molecule has 1 aliphatic rings. The Morgan fingerprint density at radius 2 is 2.09 bits per heavy atom. The SMILES string of the molecule is C#CCSCC(=O)NS(=O)(=O)c1nc(C(=O)NCCN2CCC(OC)CC2)n2ccccc12. The van der Waals surface area contributed by atoms with E-state index in [4.69, 9.17) is 11.2 Å². The highest BCUT2D eigenvalue weighted by Crippen LogP contribution is 2.18. The van der Waals surface area contributed by atoms with E-state index in [0.717, 1.165) is 37.7 Å². The number of rotatable bonds is 10. The van der Waals surface area contributed by atoms with Gasteiger partial charge in [0.1, 0.15) is 0 Å². The van der Waals surface area contributed by atoms with Gasteiger partial charge in [0.05, 0.1) is 23.1 Å². The van der Waals surface area contributed by atoms with Crippen LogP contribution in [0.4, 0.5) is 0 Å². The summed E-state index contributed by atoms with van der Waals surface area (Å²) in [5, 5.41) is 2.42. The van der Waals surface area contributed by atoms with Gasteiger partial charge in [0.15, 0.2) is 0 Å². The molecule has 2 aromatic heterocycles. The van der Waals surface area contributed by atoms with Gasteiger partial charge in [-0.15, -0.1) is 18.2 Å². The topological polar surface area (TPSA) is 122 Å². The average Bonchev–Trinajstić information content (AvgIpc) is 3.20. The van der Waals surface area contributed by atoms with Gasteiger partial charge in [0.25, 0.3) is 15.9 Å². The molecule has 0 bridgehead atoms. The number of methoxy groups -OCH3 is 1. The van der Waals surface area contributed by atoms with Crippen LogP contribution in [0.2, 0.25) is 0 Å². The molecule has 1 saturated heterocycles. The van der Waals surface area contributed by atoms with E-state index in [1.54, 1.807) is 25.4 Å². The second kappa shape index (κ2) is 11.5. The molecule has 2 amide bonds. The van der Waals surface area contributed by atoms with Crippen LogP contribution in [0.25, 0.3) is 5.52 Å². The maximum atomic E-state index is 12.8. The number of hydrogen-bond donors (Lipinski definition) is 2. The second-order valence-corrected chi connectivity index (χ2v) is 10.0. The fourth-order valence-electron chi connectivity index (χ4n) is 3.57. The number of nitrogens with zero attached hydrogens (tertiary/aromatic N) is 3. The first-order valence-electron chi connectivity index (χ1n) is 10.4. The van der Waals surface area contributed by atoms with Crippen LogP contribution < -0.4 is 10.0 Å². The van der Waals surface area contributed by atoms with Crippen molar-refractivity contribution in [2.75, 3.05) is 44.8 Å². The molecule has 1 fully saturated rings. The first-order valence-corrected chi connectivity index (χ1v) is 13.1. The Morgan fingerprint density at radius 3 is 2.79 bits per heavy atom. The van der Waals surface area contributed by atoms with Crippen LogP contribution in [0.5, 0.6) is 0 Å². The Morgan fingerprint density at radius 1 is 1.33 bits per heavy atom. The fourth-order valence-corrected chi connectivity index (χ4v) is 5.26. The van der Waals surface area contributed by atoms with E-state index in [1.807, 2.05) is 4.72 Å². The molecule has 0 atom stereocenters. The molecule has 0 saturated carbocycles. The number of carbonyl (C=O) groups is 2. The number of carbonyl (C=O) groups excluding carboxylic acids is 2. The molecule has 0 aromatic carbocycles. The summed E-state index contributed by atoms with van der Waals surface area (Å²) in [5.74, 6) is 1.26. The minimum atomic E-state index is -4.28. The molecular formula is C21H27N5O5S2. The standard InChI is InChI=1S/C21H27N5O5S2/c1-3-14-32-15-18(27)24-33(29,30)21-17-6-4-5-10-26(17)19(23-21)20(28)22-9-13-25-11-7-16(31-2)8-12-25/h1,4-6,10,16H,7-9,11-15H2,2H3,(H,22,28)(H,24,27). The lowest BCUT2D eigenvalue weighted by molar-refractivity contribution is -0.116. The monoisotopic (exact) mass is 493 g/mol. The summed E-state index contributed by atoms with van der Waals surface area (Å²) in [6.45, 7) is 2.84. The number of sulfonamides is 1. The van der Waals surface area contributed by atoms with Crippen molar-refractivity contribution in [2.24, 2.45) is 0 Å². The summed E-state index contributed by atoms with van der Waals surface area (Å²) in [4.78, 5) is 31.1. The number of ether oxygens (including phenoxy) is 1. The van der Waals surface area contributed by atoms with Crippen molar-refractivity contribution in [1.29, 1.82) is 0 Å². The fraction of sp³-hybridized carbons (Fsp3) is 0.476. The number of terminal acetylenes is 1. The predicted octanol–water partition coefficient (Wildman–Crippen LogP) is 0.346. The molecule has 0 unspecified atom stereocenters. The Balaban J connectivity index is 1.68. The van der Waals surface area contributed by atoms with Crippen molar-refractivity contribution in [3.8, 4) is 12.3 Å². The van der Waals surface area contributed by atoms with Gasteiger partial charge >= 0.3 is 0 Å². The number of aromatic nitrogens is 2. The van der Waals surface area contributed by atoms with Gasteiger partial charge in [-0.2, -0.15) is 8.42 Å². The van der Waals surface area contributed by atoms with E-state index >= 15 is 0 Å². The van der Waals surface area contributed by atoms with E-state index < -0.39 is 21.8 Å². The molecule has 3 heterocycles. The number of amides is 2. The number of nitrogens with one attached hydrogen (secondary N) is 2. The molecule has 2 aromatic rings. The van der Waals surface area contributed by atoms with Gasteiger partial charge in [-0.05, 0) is 25.0 Å². The van der Waals surface area contributed by atoms with E-state index in [9.17, 15) is 18.0 Å². The molecule has 0 aliphatic carbocycles. The molecule has 33 heavy (non-hydrogen) atoms. The third-order valence-corrected chi connectivity index (χ3v) is 7.36. The summed E-state index contributed by atoms with van der Waals surface area (Å²) < 4.78 is 34.3. The van der Waals surface area contributed by atoms with Gasteiger partial charge in [0, 0.05) is 39.5 Å². The molecular weight excluding hydrogens is 466 g/mol. The number of hydrogen-bond acceptors (Lipinski definition) is 8. The van der Waals surface area contributed by atoms with Gasteiger partial charge in [0.2, 0.25) is 16.8 Å². The third-order valence-electron chi connectivity index (χ3n) is 5.22. The highest BCUT2D eigenvalue weighted by molar-refractivity contribution is 8.00. The number of likely N-dealkylation sites (tertiary alicyclic amines) is 1. The van der Waals surface area contributed by atoms with Crippen LogP contribution in [0.15, 0.2) is 29.4 Å². The number of piperidine rings is 1. The van der Waals surface area contributed by atoms with Gasteiger partial charge in [-0.1, -0.05) is 12.0 Å². The van der Waals surface area contributed by atoms with E-state index in [2.05, 4.69) is 21.1 Å². The summed E-state index contributed by atoms with van der Waals surface area (Å²) in [6, 6.07) is 4.82. The lowest BCUT2D eigenvalue weighted by Crippen LogP contribution is -2.41. The third kappa shape index (κ3) is 6.48.